The van der Waals surface area contributed by atoms with E-state index in [-0.39, 0.29) is 0 Å². The molecule has 0 aliphatic carbocycles. The van der Waals surface area contributed by atoms with Crippen molar-refractivity contribution < 1.29 is 4.42 Å². The third-order valence-electron chi connectivity index (χ3n) is 4.83. The topological polar surface area (TPSA) is 48.3 Å². The van der Waals surface area contributed by atoms with E-state index < -0.39 is 0 Å². The summed E-state index contributed by atoms with van der Waals surface area (Å²) in [5.41, 5.74) is 6.03. The van der Waals surface area contributed by atoms with Crippen molar-refractivity contribution >= 4 is 49.8 Å². The molecule has 0 saturated heterocycles. The van der Waals surface area contributed by atoms with Crippen LogP contribution in [-0.2, 0) is 7.05 Å². The number of aryl methyl sites for hydroxylation is 1. The molecule has 6 rings (SSSR count). The first-order chi connectivity index (χ1) is 11.8. The Morgan fingerprint density at radius 2 is 1.79 bits per heavy atom. The number of hydrogen-bond donors (Lipinski definition) is 0. The molecule has 0 aliphatic rings. The van der Waals surface area contributed by atoms with E-state index in [1.165, 1.54) is 5.52 Å². The fourth-order valence-electron chi connectivity index (χ4n) is 3.75. The number of para-hydroxylation sites is 2. The van der Waals surface area contributed by atoms with Crippen LogP contribution in [0.25, 0.3) is 49.8 Å². The van der Waals surface area contributed by atoms with E-state index in [4.69, 9.17) is 9.40 Å². The van der Waals surface area contributed by atoms with Gasteiger partial charge in [0.1, 0.15) is 11.1 Å². The van der Waals surface area contributed by atoms with Crippen molar-refractivity contribution in [3.05, 3.63) is 54.9 Å². The molecular weight excluding hydrogens is 300 g/mol. The summed E-state index contributed by atoms with van der Waals surface area (Å²) in [7, 11) is 2.05. The average Bonchev–Trinajstić information content (AvgIpc) is 3.25. The standard InChI is InChI=1S/C19H12N4O/c1-22-12-4-2-3-5-13(12)23-14-6-7-15-17(18(14)21-19(22)23)11-8-9-20-10-16(11)24-15/h2-10H,1H3. The smallest absolute Gasteiger partial charge is 0.215 e. The van der Waals surface area contributed by atoms with Gasteiger partial charge in [-0.25, -0.2) is 4.98 Å². The Morgan fingerprint density at radius 1 is 0.917 bits per heavy atom. The highest BCUT2D eigenvalue weighted by Gasteiger charge is 2.18. The van der Waals surface area contributed by atoms with Gasteiger partial charge in [0.2, 0.25) is 5.78 Å². The Hall–Kier alpha value is -3.34. The number of benzene rings is 2. The van der Waals surface area contributed by atoms with E-state index in [1.54, 1.807) is 12.4 Å². The lowest BCUT2D eigenvalue weighted by atomic mass is 10.1. The second-order valence-electron chi connectivity index (χ2n) is 6.08. The molecule has 0 aliphatic heterocycles. The van der Waals surface area contributed by atoms with Crippen molar-refractivity contribution in [1.82, 2.24) is 18.9 Å². The maximum atomic E-state index is 5.93. The second-order valence-corrected chi connectivity index (χ2v) is 6.08. The zero-order chi connectivity index (χ0) is 15.8. The fourth-order valence-corrected chi connectivity index (χ4v) is 3.75. The molecule has 5 heteroatoms. The Morgan fingerprint density at radius 3 is 2.71 bits per heavy atom. The number of pyridine rings is 1. The summed E-state index contributed by atoms with van der Waals surface area (Å²) in [5, 5.41) is 2.11. The molecule has 4 aromatic heterocycles. The van der Waals surface area contributed by atoms with Gasteiger partial charge in [-0.05, 0) is 30.3 Å². The van der Waals surface area contributed by atoms with Crippen molar-refractivity contribution in [2.75, 3.05) is 0 Å². The van der Waals surface area contributed by atoms with Crippen LogP contribution >= 0.6 is 0 Å². The number of furan rings is 1. The van der Waals surface area contributed by atoms with E-state index in [2.05, 4.69) is 51.3 Å². The van der Waals surface area contributed by atoms with Crippen LogP contribution in [0.3, 0.4) is 0 Å². The van der Waals surface area contributed by atoms with Gasteiger partial charge in [-0.1, -0.05) is 12.1 Å². The van der Waals surface area contributed by atoms with Gasteiger partial charge in [-0.2, -0.15) is 0 Å². The molecule has 0 N–H and O–H groups in total. The fraction of sp³-hybridized carbons (Fsp3) is 0.0526. The summed E-state index contributed by atoms with van der Waals surface area (Å²) in [6, 6.07) is 14.5. The molecule has 2 aromatic carbocycles. The van der Waals surface area contributed by atoms with Crippen LogP contribution in [0.5, 0.6) is 0 Å². The molecule has 0 saturated carbocycles. The molecule has 0 fully saturated rings. The predicted molar refractivity (Wildman–Crippen MR) is 94.2 cm³/mol. The van der Waals surface area contributed by atoms with Gasteiger partial charge in [0.05, 0.1) is 28.1 Å². The van der Waals surface area contributed by atoms with Gasteiger partial charge in [0.15, 0.2) is 5.58 Å². The van der Waals surface area contributed by atoms with E-state index in [1.807, 2.05) is 12.1 Å². The minimum Gasteiger partial charge on any atom is -0.454 e. The molecule has 0 unspecified atom stereocenters. The third kappa shape index (κ3) is 1.27. The SMILES string of the molecule is Cn1c2ccccc2n2c3ccc4oc5cnccc5c4c3nc12. The van der Waals surface area contributed by atoms with Crippen molar-refractivity contribution in [2.45, 2.75) is 0 Å². The van der Waals surface area contributed by atoms with Gasteiger partial charge in [-0.15, -0.1) is 0 Å². The van der Waals surface area contributed by atoms with Crippen LogP contribution in [0, 0.1) is 0 Å². The highest BCUT2D eigenvalue weighted by molar-refractivity contribution is 6.17. The summed E-state index contributed by atoms with van der Waals surface area (Å²) < 4.78 is 10.3. The molecule has 0 radical (unpaired) electrons. The lowest BCUT2D eigenvalue weighted by Crippen LogP contribution is -1.87. The first-order valence-electron chi connectivity index (χ1n) is 7.84. The zero-order valence-corrected chi connectivity index (χ0v) is 12.9. The van der Waals surface area contributed by atoms with Crippen molar-refractivity contribution in [3.63, 3.8) is 0 Å². The number of rotatable bonds is 0. The lowest BCUT2D eigenvalue weighted by molar-refractivity contribution is 0.667. The van der Waals surface area contributed by atoms with Crippen molar-refractivity contribution in [2.24, 2.45) is 7.05 Å². The summed E-state index contributed by atoms with van der Waals surface area (Å²) >= 11 is 0. The van der Waals surface area contributed by atoms with Crippen LogP contribution in [0.15, 0.2) is 59.3 Å². The summed E-state index contributed by atoms with van der Waals surface area (Å²) in [6.45, 7) is 0. The molecule has 0 amide bonds. The highest BCUT2D eigenvalue weighted by atomic mass is 16.3. The van der Waals surface area contributed by atoms with E-state index >= 15 is 0 Å². The monoisotopic (exact) mass is 312 g/mol. The first kappa shape index (κ1) is 12.1. The maximum Gasteiger partial charge on any atom is 0.215 e. The molecule has 0 bridgehead atoms. The molecule has 114 valence electrons. The number of aromatic nitrogens is 4. The summed E-state index contributed by atoms with van der Waals surface area (Å²) in [5.74, 6) is 0.933. The van der Waals surface area contributed by atoms with Crippen LogP contribution in [0.1, 0.15) is 0 Å². The van der Waals surface area contributed by atoms with Gasteiger partial charge in [0.25, 0.3) is 0 Å². The van der Waals surface area contributed by atoms with Crippen LogP contribution < -0.4 is 0 Å². The highest BCUT2D eigenvalue weighted by Crippen LogP contribution is 2.35. The largest absolute Gasteiger partial charge is 0.454 e. The minimum absolute atomic E-state index is 0.793. The molecule has 0 spiro atoms. The molecule has 24 heavy (non-hydrogen) atoms. The van der Waals surface area contributed by atoms with Crippen LogP contribution in [0.4, 0.5) is 0 Å². The molecule has 6 aromatic rings. The van der Waals surface area contributed by atoms with E-state index in [9.17, 15) is 0 Å². The van der Waals surface area contributed by atoms with Gasteiger partial charge in [0, 0.05) is 18.6 Å². The summed E-state index contributed by atoms with van der Waals surface area (Å²) in [6.07, 6.45) is 3.55. The Labute approximate surface area is 135 Å². The molecule has 0 atom stereocenters. The predicted octanol–water partition coefficient (Wildman–Crippen LogP) is 4.27. The Bertz CT molecular complexity index is 1420. The second kappa shape index (κ2) is 3.94. The van der Waals surface area contributed by atoms with Gasteiger partial charge < -0.3 is 8.98 Å². The number of fused-ring (bicyclic) bond motifs is 9. The van der Waals surface area contributed by atoms with Crippen LogP contribution in [0.2, 0.25) is 0 Å². The van der Waals surface area contributed by atoms with Crippen molar-refractivity contribution in [3.8, 4) is 0 Å². The Balaban J connectivity index is 1.94. The van der Waals surface area contributed by atoms with Gasteiger partial charge >= 0.3 is 0 Å². The molecular formula is C19H12N4O. The van der Waals surface area contributed by atoms with E-state index in [0.29, 0.717) is 0 Å². The van der Waals surface area contributed by atoms with E-state index in [0.717, 1.165) is 44.3 Å². The van der Waals surface area contributed by atoms with Crippen LogP contribution in [-0.4, -0.2) is 18.9 Å². The first-order valence-corrected chi connectivity index (χ1v) is 7.84. The summed E-state index contributed by atoms with van der Waals surface area (Å²) in [4.78, 5) is 9.10. The normalized spacial score (nSPS) is 12.4. The minimum atomic E-state index is 0.793. The molecule has 4 heterocycles. The third-order valence-corrected chi connectivity index (χ3v) is 4.83. The number of hydrogen-bond acceptors (Lipinski definition) is 3. The lowest BCUT2D eigenvalue weighted by Gasteiger charge is -1.96. The average molecular weight is 312 g/mol. The number of nitrogens with zero attached hydrogens (tertiary/aromatic N) is 4. The zero-order valence-electron chi connectivity index (χ0n) is 12.9. The number of imidazole rings is 2. The maximum absolute atomic E-state index is 5.93. The van der Waals surface area contributed by atoms with Gasteiger partial charge in [-0.3, -0.25) is 9.38 Å². The Kier molecular flexibility index (Phi) is 1.99. The quantitative estimate of drug-likeness (QED) is 0.421. The molecule has 5 nitrogen and oxygen atoms in total. The van der Waals surface area contributed by atoms with Crippen molar-refractivity contribution in [1.29, 1.82) is 0 Å².